The summed E-state index contributed by atoms with van der Waals surface area (Å²) in [4.78, 5) is 7.14. The fourth-order valence-corrected chi connectivity index (χ4v) is 3.35. The van der Waals surface area contributed by atoms with Crippen LogP contribution in [0.3, 0.4) is 0 Å². The van der Waals surface area contributed by atoms with Crippen LogP contribution >= 0.6 is 11.6 Å². The van der Waals surface area contributed by atoms with Crippen molar-refractivity contribution < 1.29 is 4.74 Å². The first-order valence-corrected chi connectivity index (χ1v) is 8.34. The number of fused-ring (bicyclic) bond motifs is 2. The van der Waals surface area contributed by atoms with Gasteiger partial charge in [0.1, 0.15) is 5.75 Å². The summed E-state index contributed by atoms with van der Waals surface area (Å²) in [6, 6.07) is 5.84. The molecule has 0 bridgehead atoms. The minimum Gasteiger partial charge on any atom is -0.497 e. The van der Waals surface area contributed by atoms with Crippen LogP contribution in [0.25, 0.3) is 10.9 Å². The summed E-state index contributed by atoms with van der Waals surface area (Å²) in [6.07, 6.45) is 6.56. The zero-order valence-electron chi connectivity index (χ0n) is 13.9. The van der Waals surface area contributed by atoms with Gasteiger partial charge in [-0.05, 0) is 23.8 Å². The first-order chi connectivity index (χ1) is 11.6. The molecule has 2 aromatic rings. The van der Waals surface area contributed by atoms with Crippen molar-refractivity contribution in [3.05, 3.63) is 71.4 Å². The Morgan fingerprint density at radius 2 is 2.29 bits per heavy atom. The lowest BCUT2D eigenvalue weighted by Gasteiger charge is -2.29. The Hall–Kier alpha value is -2.10. The number of hydrogen-bond donors (Lipinski definition) is 0. The van der Waals surface area contributed by atoms with E-state index in [2.05, 4.69) is 18.1 Å². The predicted octanol–water partition coefficient (Wildman–Crippen LogP) is 4.55. The fourth-order valence-electron chi connectivity index (χ4n) is 3.03. The van der Waals surface area contributed by atoms with E-state index in [4.69, 9.17) is 21.3 Å². The van der Waals surface area contributed by atoms with E-state index in [1.807, 2.05) is 30.4 Å². The van der Waals surface area contributed by atoms with Crippen molar-refractivity contribution in [3.63, 3.8) is 0 Å². The van der Waals surface area contributed by atoms with Gasteiger partial charge in [0.15, 0.2) is 0 Å². The molecule has 0 saturated heterocycles. The summed E-state index contributed by atoms with van der Waals surface area (Å²) in [5.74, 6) is 0.793. The smallest absolute Gasteiger partial charge is 0.119 e. The maximum atomic E-state index is 6.70. The highest BCUT2D eigenvalue weighted by molar-refractivity contribution is 6.36. The van der Waals surface area contributed by atoms with E-state index in [-0.39, 0.29) is 0 Å². The summed E-state index contributed by atoms with van der Waals surface area (Å²) in [7, 11) is 1.66. The molecule has 1 aliphatic rings. The number of pyridine rings is 1. The summed E-state index contributed by atoms with van der Waals surface area (Å²) in [5, 5.41) is 1.73. The van der Waals surface area contributed by atoms with Crippen LogP contribution in [0.5, 0.6) is 5.75 Å². The van der Waals surface area contributed by atoms with E-state index in [9.17, 15) is 0 Å². The number of benzene rings is 1. The van der Waals surface area contributed by atoms with Crippen molar-refractivity contribution in [2.24, 2.45) is 0 Å². The molecule has 0 unspecified atom stereocenters. The average molecular weight is 341 g/mol. The van der Waals surface area contributed by atoms with Crippen LogP contribution in [0.2, 0.25) is 5.02 Å². The molecule has 2 heterocycles. The van der Waals surface area contributed by atoms with Gasteiger partial charge in [-0.2, -0.15) is 0 Å². The van der Waals surface area contributed by atoms with Crippen LogP contribution in [-0.2, 0) is 13.0 Å². The second-order valence-electron chi connectivity index (χ2n) is 5.95. The topological polar surface area (TPSA) is 25.4 Å². The van der Waals surface area contributed by atoms with E-state index >= 15 is 0 Å². The van der Waals surface area contributed by atoms with Crippen molar-refractivity contribution in [2.75, 3.05) is 20.2 Å². The third-order valence-electron chi connectivity index (χ3n) is 4.25. The Balaban J connectivity index is 1.90. The maximum absolute atomic E-state index is 6.70. The van der Waals surface area contributed by atoms with Gasteiger partial charge in [0, 0.05) is 42.7 Å². The highest BCUT2D eigenvalue weighted by Crippen LogP contribution is 2.33. The molecular weight excluding hydrogens is 320 g/mol. The van der Waals surface area contributed by atoms with Crippen LogP contribution < -0.4 is 4.74 Å². The van der Waals surface area contributed by atoms with E-state index in [1.54, 1.807) is 13.2 Å². The minimum atomic E-state index is 0.783. The van der Waals surface area contributed by atoms with Gasteiger partial charge in [-0.25, -0.2) is 0 Å². The monoisotopic (exact) mass is 340 g/mol. The van der Waals surface area contributed by atoms with E-state index < -0.39 is 0 Å². The SMILES string of the molecule is C=C/C=C\C(=C)CN1CCc2nc3ccc(OC)cc3c(Cl)c2C1. The molecule has 4 heteroatoms. The van der Waals surface area contributed by atoms with Crippen molar-refractivity contribution in [2.45, 2.75) is 13.0 Å². The normalized spacial score (nSPS) is 14.8. The number of methoxy groups -OCH3 is 1. The molecule has 0 radical (unpaired) electrons. The second kappa shape index (κ2) is 7.20. The number of hydrogen-bond acceptors (Lipinski definition) is 3. The summed E-state index contributed by atoms with van der Waals surface area (Å²) in [6.45, 7) is 10.3. The highest BCUT2D eigenvalue weighted by atomic mass is 35.5. The summed E-state index contributed by atoms with van der Waals surface area (Å²) in [5.41, 5.74) is 4.20. The molecule has 0 fully saturated rings. The van der Waals surface area contributed by atoms with Gasteiger partial charge in [-0.3, -0.25) is 9.88 Å². The quantitative estimate of drug-likeness (QED) is 0.746. The maximum Gasteiger partial charge on any atom is 0.119 e. The molecule has 3 nitrogen and oxygen atoms in total. The lowest BCUT2D eigenvalue weighted by atomic mass is 10.0. The molecule has 3 rings (SSSR count). The summed E-state index contributed by atoms with van der Waals surface area (Å²) >= 11 is 6.70. The van der Waals surface area contributed by atoms with E-state index in [1.165, 1.54) is 0 Å². The van der Waals surface area contributed by atoms with Gasteiger partial charge in [0.2, 0.25) is 0 Å². The molecule has 0 amide bonds. The Labute approximate surface area is 147 Å². The fraction of sp³-hybridized carbons (Fsp3) is 0.250. The average Bonchev–Trinajstić information content (AvgIpc) is 2.60. The molecule has 24 heavy (non-hydrogen) atoms. The van der Waals surface area contributed by atoms with Crippen LogP contribution in [0.1, 0.15) is 11.3 Å². The van der Waals surface area contributed by atoms with Gasteiger partial charge >= 0.3 is 0 Å². The van der Waals surface area contributed by atoms with E-state index in [0.29, 0.717) is 0 Å². The molecule has 0 aliphatic carbocycles. The molecule has 124 valence electrons. The van der Waals surface area contributed by atoms with Crippen LogP contribution in [0, 0.1) is 0 Å². The Morgan fingerprint density at radius 3 is 3.04 bits per heavy atom. The van der Waals surface area contributed by atoms with Crippen LogP contribution in [0.4, 0.5) is 0 Å². The summed E-state index contributed by atoms with van der Waals surface area (Å²) < 4.78 is 5.31. The van der Waals surface area contributed by atoms with Crippen molar-refractivity contribution in [1.29, 1.82) is 0 Å². The molecule has 1 aromatic heterocycles. The molecule has 1 aliphatic heterocycles. The molecule has 1 aromatic carbocycles. The molecule has 0 spiro atoms. The first-order valence-electron chi connectivity index (χ1n) is 7.96. The van der Waals surface area contributed by atoms with Gasteiger partial charge < -0.3 is 4.74 Å². The number of halogens is 1. The van der Waals surface area contributed by atoms with Gasteiger partial charge in [-0.1, -0.05) is 43.0 Å². The number of nitrogens with zero attached hydrogens (tertiary/aromatic N) is 2. The lowest BCUT2D eigenvalue weighted by molar-refractivity contribution is 0.276. The molecule has 0 atom stereocenters. The van der Waals surface area contributed by atoms with Crippen molar-refractivity contribution in [3.8, 4) is 5.75 Å². The van der Waals surface area contributed by atoms with Crippen molar-refractivity contribution in [1.82, 2.24) is 9.88 Å². The Kier molecular flexibility index (Phi) is 5.03. The number of rotatable bonds is 5. The van der Waals surface area contributed by atoms with Gasteiger partial charge in [0.25, 0.3) is 0 Å². The standard InChI is InChI=1S/C20H21ClN2O/c1-4-5-6-14(2)12-23-10-9-19-17(13-23)20(21)16-11-15(24-3)7-8-18(16)22-19/h4-8,11H,1-2,9-10,12-13H2,3H3/b6-5-. The van der Waals surface area contributed by atoms with Crippen molar-refractivity contribution >= 4 is 22.5 Å². The number of allylic oxidation sites excluding steroid dienone is 2. The zero-order chi connectivity index (χ0) is 17.1. The third-order valence-corrected chi connectivity index (χ3v) is 4.68. The van der Waals surface area contributed by atoms with Gasteiger partial charge in [0.05, 0.1) is 17.6 Å². The largest absolute Gasteiger partial charge is 0.497 e. The van der Waals surface area contributed by atoms with Gasteiger partial charge in [-0.15, -0.1) is 0 Å². The molecule has 0 saturated carbocycles. The number of aromatic nitrogens is 1. The predicted molar refractivity (Wildman–Crippen MR) is 101 cm³/mol. The zero-order valence-corrected chi connectivity index (χ0v) is 14.6. The van der Waals surface area contributed by atoms with E-state index in [0.717, 1.165) is 64.6 Å². The van der Waals surface area contributed by atoms with Crippen LogP contribution in [-0.4, -0.2) is 30.1 Å². The molecule has 0 N–H and O–H groups in total. The lowest BCUT2D eigenvalue weighted by Crippen LogP contribution is -2.32. The minimum absolute atomic E-state index is 0.783. The number of ether oxygens (including phenoxy) is 1. The first kappa shape index (κ1) is 16.7. The molecular formula is C20H21ClN2O. The Morgan fingerprint density at radius 1 is 1.46 bits per heavy atom. The Bertz CT molecular complexity index is 826. The van der Waals surface area contributed by atoms with Crippen LogP contribution in [0.15, 0.2) is 55.2 Å². The third kappa shape index (κ3) is 3.37. The highest BCUT2D eigenvalue weighted by Gasteiger charge is 2.22. The second-order valence-corrected chi connectivity index (χ2v) is 6.33.